The summed E-state index contributed by atoms with van der Waals surface area (Å²) in [4.78, 5) is 12.3. The van der Waals surface area contributed by atoms with Crippen molar-refractivity contribution in [1.82, 2.24) is 5.32 Å². The molecule has 0 saturated heterocycles. The average molecular weight is 347 g/mol. The zero-order valence-electron chi connectivity index (χ0n) is 14.3. The average Bonchev–Trinajstić information content (AvgIpc) is 2.72. The van der Waals surface area contributed by atoms with E-state index in [9.17, 15) is 9.90 Å². The van der Waals surface area contributed by atoms with E-state index in [1.54, 1.807) is 0 Å². The Bertz CT molecular complexity index is 834. The Labute approximate surface area is 153 Å². The minimum Gasteiger partial charge on any atom is -0.483 e. The van der Waals surface area contributed by atoms with Crippen LogP contribution in [0.25, 0.3) is 11.1 Å². The molecule has 3 aromatic carbocycles. The van der Waals surface area contributed by atoms with E-state index >= 15 is 0 Å². The van der Waals surface area contributed by atoms with Crippen molar-refractivity contribution in [2.24, 2.45) is 0 Å². The van der Waals surface area contributed by atoms with Gasteiger partial charge in [-0.1, -0.05) is 78.9 Å². The van der Waals surface area contributed by atoms with Gasteiger partial charge < -0.3 is 15.2 Å². The van der Waals surface area contributed by atoms with E-state index in [-0.39, 0.29) is 19.1 Å². The molecule has 0 aliphatic heterocycles. The molecule has 0 aliphatic carbocycles. The number of aliphatic hydroxyl groups excluding tert-OH is 1. The van der Waals surface area contributed by atoms with Crippen molar-refractivity contribution >= 4 is 5.91 Å². The van der Waals surface area contributed by atoms with E-state index in [1.807, 2.05) is 84.9 Å². The number of amides is 1. The standard InChI is InChI=1S/C22H21NO3/c24-15-20(18-11-5-2-6-12-18)23-22(25)16-26-21-14-8-7-13-19(21)17-9-3-1-4-10-17/h1-14,20,24H,15-16H2,(H,23,25). The van der Waals surface area contributed by atoms with Gasteiger partial charge in [-0.25, -0.2) is 0 Å². The molecule has 0 bridgehead atoms. The van der Waals surface area contributed by atoms with Crippen molar-refractivity contribution in [3.05, 3.63) is 90.5 Å². The van der Waals surface area contributed by atoms with Gasteiger partial charge in [-0.3, -0.25) is 4.79 Å². The molecule has 1 amide bonds. The topological polar surface area (TPSA) is 58.6 Å². The number of nitrogens with one attached hydrogen (secondary N) is 1. The summed E-state index contributed by atoms with van der Waals surface area (Å²) in [6.07, 6.45) is 0. The van der Waals surface area contributed by atoms with Crippen molar-refractivity contribution in [2.75, 3.05) is 13.2 Å². The quantitative estimate of drug-likeness (QED) is 0.687. The molecule has 3 aromatic rings. The molecule has 1 atom stereocenters. The van der Waals surface area contributed by atoms with Crippen LogP contribution in [0.15, 0.2) is 84.9 Å². The second-order valence-corrected chi connectivity index (χ2v) is 5.86. The Kier molecular flexibility index (Phi) is 6.01. The molecule has 1 unspecified atom stereocenters. The van der Waals surface area contributed by atoms with Gasteiger partial charge in [0.15, 0.2) is 6.61 Å². The van der Waals surface area contributed by atoms with Gasteiger partial charge in [0, 0.05) is 5.56 Å². The third-order valence-corrected chi connectivity index (χ3v) is 4.05. The minimum absolute atomic E-state index is 0.118. The smallest absolute Gasteiger partial charge is 0.258 e. The number of hydrogen-bond donors (Lipinski definition) is 2. The SMILES string of the molecule is O=C(COc1ccccc1-c1ccccc1)NC(CO)c1ccccc1. The van der Waals surface area contributed by atoms with Gasteiger partial charge >= 0.3 is 0 Å². The van der Waals surface area contributed by atoms with Crippen molar-refractivity contribution in [3.8, 4) is 16.9 Å². The summed E-state index contributed by atoms with van der Waals surface area (Å²) >= 11 is 0. The van der Waals surface area contributed by atoms with Crippen LogP contribution in [0.1, 0.15) is 11.6 Å². The Balaban J connectivity index is 1.65. The fourth-order valence-corrected chi connectivity index (χ4v) is 2.75. The number of para-hydroxylation sites is 1. The van der Waals surface area contributed by atoms with Gasteiger partial charge in [0.05, 0.1) is 12.6 Å². The molecule has 0 saturated carbocycles. The van der Waals surface area contributed by atoms with Crippen LogP contribution in [-0.4, -0.2) is 24.2 Å². The maximum absolute atomic E-state index is 12.3. The molecular formula is C22H21NO3. The largest absolute Gasteiger partial charge is 0.483 e. The lowest BCUT2D eigenvalue weighted by Crippen LogP contribution is -2.34. The zero-order chi connectivity index (χ0) is 18.2. The second-order valence-electron chi connectivity index (χ2n) is 5.86. The summed E-state index contributed by atoms with van der Waals surface area (Å²) in [6.45, 7) is -0.288. The number of hydrogen-bond acceptors (Lipinski definition) is 3. The van der Waals surface area contributed by atoms with E-state index in [0.29, 0.717) is 5.75 Å². The minimum atomic E-state index is -0.448. The van der Waals surface area contributed by atoms with Gasteiger partial charge in [-0.15, -0.1) is 0 Å². The highest BCUT2D eigenvalue weighted by Gasteiger charge is 2.14. The summed E-state index contributed by atoms with van der Waals surface area (Å²) in [5, 5.41) is 12.3. The summed E-state index contributed by atoms with van der Waals surface area (Å²) in [5.41, 5.74) is 2.82. The van der Waals surface area contributed by atoms with Crippen LogP contribution in [0.4, 0.5) is 0 Å². The number of aliphatic hydroxyl groups is 1. The Morgan fingerprint density at radius 1 is 0.885 bits per heavy atom. The molecule has 132 valence electrons. The normalized spacial score (nSPS) is 11.6. The third-order valence-electron chi connectivity index (χ3n) is 4.05. The van der Waals surface area contributed by atoms with E-state index in [2.05, 4.69) is 5.32 Å². The molecule has 0 aliphatic rings. The van der Waals surface area contributed by atoms with Gasteiger partial charge in [-0.2, -0.15) is 0 Å². The highest BCUT2D eigenvalue weighted by Crippen LogP contribution is 2.29. The first kappa shape index (κ1) is 17.7. The molecule has 0 aromatic heterocycles. The van der Waals surface area contributed by atoms with Crippen molar-refractivity contribution in [3.63, 3.8) is 0 Å². The van der Waals surface area contributed by atoms with E-state index in [1.165, 1.54) is 0 Å². The molecule has 0 heterocycles. The summed E-state index contributed by atoms with van der Waals surface area (Å²) in [5.74, 6) is 0.366. The van der Waals surface area contributed by atoms with Crippen LogP contribution in [0, 0.1) is 0 Å². The molecule has 0 spiro atoms. The Morgan fingerprint density at radius 2 is 1.50 bits per heavy atom. The predicted molar refractivity (Wildman–Crippen MR) is 102 cm³/mol. The molecular weight excluding hydrogens is 326 g/mol. The molecule has 26 heavy (non-hydrogen) atoms. The lowest BCUT2D eigenvalue weighted by molar-refractivity contribution is -0.124. The summed E-state index contributed by atoms with van der Waals surface area (Å²) in [6, 6.07) is 26.4. The lowest BCUT2D eigenvalue weighted by Gasteiger charge is -2.17. The summed E-state index contributed by atoms with van der Waals surface area (Å²) in [7, 11) is 0. The molecule has 0 radical (unpaired) electrons. The van der Waals surface area contributed by atoms with Crippen molar-refractivity contribution < 1.29 is 14.6 Å². The zero-order valence-corrected chi connectivity index (χ0v) is 14.3. The van der Waals surface area contributed by atoms with Crippen molar-refractivity contribution in [2.45, 2.75) is 6.04 Å². The molecule has 4 nitrogen and oxygen atoms in total. The van der Waals surface area contributed by atoms with Crippen LogP contribution in [0.3, 0.4) is 0 Å². The van der Waals surface area contributed by atoms with Gasteiger partial charge in [0.1, 0.15) is 5.75 Å². The Hall–Kier alpha value is -3.11. The van der Waals surface area contributed by atoms with Gasteiger partial charge in [-0.05, 0) is 17.2 Å². The fraction of sp³-hybridized carbons (Fsp3) is 0.136. The third kappa shape index (κ3) is 4.49. The molecule has 0 fully saturated rings. The van der Waals surface area contributed by atoms with Crippen LogP contribution >= 0.6 is 0 Å². The lowest BCUT2D eigenvalue weighted by atomic mass is 10.1. The monoisotopic (exact) mass is 347 g/mol. The second kappa shape index (κ2) is 8.83. The number of carbonyl (C=O) groups excluding carboxylic acids is 1. The summed E-state index contributed by atoms with van der Waals surface area (Å²) < 4.78 is 5.74. The van der Waals surface area contributed by atoms with Crippen LogP contribution < -0.4 is 10.1 Å². The van der Waals surface area contributed by atoms with Crippen LogP contribution in [0.2, 0.25) is 0 Å². The molecule has 3 rings (SSSR count). The van der Waals surface area contributed by atoms with E-state index < -0.39 is 6.04 Å². The number of carbonyl (C=O) groups is 1. The van der Waals surface area contributed by atoms with Gasteiger partial charge in [0.2, 0.25) is 0 Å². The maximum Gasteiger partial charge on any atom is 0.258 e. The highest BCUT2D eigenvalue weighted by molar-refractivity contribution is 5.78. The number of ether oxygens (including phenoxy) is 1. The van der Waals surface area contributed by atoms with Gasteiger partial charge in [0.25, 0.3) is 5.91 Å². The molecule has 2 N–H and O–H groups in total. The first-order chi connectivity index (χ1) is 12.8. The van der Waals surface area contributed by atoms with Crippen molar-refractivity contribution in [1.29, 1.82) is 0 Å². The number of rotatable bonds is 7. The van der Waals surface area contributed by atoms with Crippen LogP contribution in [0.5, 0.6) is 5.75 Å². The Morgan fingerprint density at radius 3 is 2.19 bits per heavy atom. The highest BCUT2D eigenvalue weighted by atomic mass is 16.5. The fourth-order valence-electron chi connectivity index (χ4n) is 2.75. The first-order valence-corrected chi connectivity index (χ1v) is 8.50. The van der Waals surface area contributed by atoms with E-state index in [0.717, 1.165) is 16.7 Å². The van der Waals surface area contributed by atoms with E-state index in [4.69, 9.17) is 4.74 Å². The van der Waals surface area contributed by atoms with Crippen LogP contribution in [-0.2, 0) is 4.79 Å². The predicted octanol–water partition coefficient (Wildman–Crippen LogP) is 3.58. The molecule has 4 heteroatoms. The maximum atomic E-state index is 12.3. The first-order valence-electron chi connectivity index (χ1n) is 8.50. The number of benzene rings is 3.